The summed E-state index contributed by atoms with van der Waals surface area (Å²) in [7, 11) is 0. The summed E-state index contributed by atoms with van der Waals surface area (Å²) in [5.41, 5.74) is 7.44. The van der Waals surface area contributed by atoms with Gasteiger partial charge in [0, 0.05) is 29.4 Å². The van der Waals surface area contributed by atoms with Crippen LogP contribution in [0.2, 0.25) is 0 Å². The molecule has 10 heteroatoms. The first-order chi connectivity index (χ1) is 19.5. The molecule has 1 aliphatic carbocycles. The first kappa shape index (κ1) is 24.1. The molecule has 0 radical (unpaired) electrons. The second-order valence-electron chi connectivity index (χ2n) is 10.3. The third-order valence-corrected chi connectivity index (χ3v) is 7.38. The number of rotatable bonds is 5. The van der Waals surface area contributed by atoms with Crippen LogP contribution in [0.5, 0.6) is 0 Å². The number of fused-ring (bicyclic) bond motifs is 2. The van der Waals surface area contributed by atoms with E-state index in [0.29, 0.717) is 45.2 Å². The van der Waals surface area contributed by atoms with Crippen molar-refractivity contribution in [1.82, 2.24) is 35.1 Å². The van der Waals surface area contributed by atoms with Crippen molar-refractivity contribution in [2.45, 2.75) is 32.6 Å². The van der Waals surface area contributed by atoms with E-state index < -0.39 is 0 Å². The van der Waals surface area contributed by atoms with Crippen molar-refractivity contribution in [3.05, 3.63) is 72.4 Å². The molecule has 0 saturated heterocycles. The van der Waals surface area contributed by atoms with Gasteiger partial charge in [-0.1, -0.05) is 12.8 Å². The lowest BCUT2D eigenvalue weighted by molar-refractivity contribution is -0.119. The van der Waals surface area contributed by atoms with Gasteiger partial charge in [0.15, 0.2) is 11.5 Å². The number of benzene rings is 1. The van der Waals surface area contributed by atoms with E-state index in [1.807, 2.05) is 37.3 Å². The minimum Gasteiger partial charge on any atom is -0.336 e. The van der Waals surface area contributed by atoms with Crippen LogP contribution in [0.4, 0.5) is 10.1 Å². The van der Waals surface area contributed by atoms with E-state index >= 15 is 0 Å². The first-order valence-corrected chi connectivity index (χ1v) is 13.3. The van der Waals surface area contributed by atoms with Crippen molar-refractivity contribution >= 4 is 33.7 Å². The second-order valence-corrected chi connectivity index (χ2v) is 10.3. The minimum absolute atomic E-state index is 0.0455. The average molecular weight is 533 g/mol. The fraction of sp³-hybridized carbons (Fsp3) is 0.200. The zero-order chi connectivity index (χ0) is 27.2. The van der Waals surface area contributed by atoms with E-state index in [-0.39, 0.29) is 17.6 Å². The zero-order valence-electron chi connectivity index (χ0n) is 21.7. The van der Waals surface area contributed by atoms with Gasteiger partial charge in [0.1, 0.15) is 16.9 Å². The molecule has 5 aromatic heterocycles. The lowest BCUT2D eigenvalue weighted by atomic mass is 10.1. The minimum atomic E-state index is -0.323. The number of hydrogen-bond acceptors (Lipinski definition) is 6. The molecule has 1 fully saturated rings. The fourth-order valence-corrected chi connectivity index (χ4v) is 5.44. The summed E-state index contributed by atoms with van der Waals surface area (Å²) in [5, 5.41) is 10.5. The van der Waals surface area contributed by atoms with Crippen LogP contribution in [-0.4, -0.2) is 41.0 Å². The Morgan fingerprint density at radius 1 is 0.950 bits per heavy atom. The summed E-state index contributed by atoms with van der Waals surface area (Å²) in [6.07, 6.45) is 9.10. The van der Waals surface area contributed by atoms with Crippen LogP contribution in [0.1, 0.15) is 31.2 Å². The maximum Gasteiger partial charge on any atom is 0.227 e. The Balaban J connectivity index is 1.25. The Morgan fingerprint density at radius 3 is 2.65 bits per heavy atom. The smallest absolute Gasteiger partial charge is 0.227 e. The van der Waals surface area contributed by atoms with Crippen LogP contribution in [0.3, 0.4) is 0 Å². The van der Waals surface area contributed by atoms with Gasteiger partial charge in [-0.2, -0.15) is 5.10 Å². The zero-order valence-corrected chi connectivity index (χ0v) is 21.7. The summed E-state index contributed by atoms with van der Waals surface area (Å²) in [4.78, 5) is 34.5. The third-order valence-electron chi connectivity index (χ3n) is 7.38. The molecule has 9 nitrogen and oxygen atoms in total. The molecule has 1 amide bonds. The molecule has 1 saturated carbocycles. The SMILES string of the molecule is Cc1cc(F)cc(-c2nccc3[nH]c(-c4n[nH]c5ccc(-c6cncc(NC(=O)C7CCCC7)c6)nc45)nc23)c1. The number of amides is 1. The number of hydrogen-bond donors (Lipinski definition) is 3. The van der Waals surface area contributed by atoms with E-state index in [1.165, 1.54) is 12.1 Å². The number of carbonyl (C=O) groups excluding carboxylic acids is 1. The lowest BCUT2D eigenvalue weighted by Gasteiger charge is -2.11. The molecule has 5 heterocycles. The fourth-order valence-electron chi connectivity index (χ4n) is 5.44. The van der Waals surface area contributed by atoms with Crippen molar-refractivity contribution in [2.75, 3.05) is 5.32 Å². The van der Waals surface area contributed by atoms with Gasteiger partial charge in [0.2, 0.25) is 5.91 Å². The van der Waals surface area contributed by atoms with E-state index in [9.17, 15) is 9.18 Å². The number of anilines is 1. The normalized spacial score (nSPS) is 13.8. The molecule has 3 N–H and O–H groups in total. The number of carbonyl (C=O) groups is 1. The molecule has 0 atom stereocenters. The van der Waals surface area contributed by atoms with Crippen LogP contribution >= 0.6 is 0 Å². The number of H-pyrrole nitrogens is 2. The van der Waals surface area contributed by atoms with Crippen LogP contribution in [-0.2, 0) is 4.79 Å². The Morgan fingerprint density at radius 2 is 1.80 bits per heavy atom. The molecule has 7 rings (SSSR count). The van der Waals surface area contributed by atoms with Crippen molar-refractivity contribution in [3.8, 4) is 34.0 Å². The van der Waals surface area contributed by atoms with E-state index in [1.54, 1.807) is 18.6 Å². The summed E-state index contributed by atoms with van der Waals surface area (Å²) < 4.78 is 14.1. The topological polar surface area (TPSA) is 125 Å². The van der Waals surface area contributed by atoms with Gasteiger partial charge in [-0.25, -0.2) is 14.4 Å². The molecule has 1 aromatic carbocycles. The van der Waals surface area contributed by atoms with Gasteiger partial charge in [0.25, 0.3) is 0 Å². The summed E-state index contributed by atoms with van der Waals surface area (Å²) in [6, 6.07) is 12.3. The molecule has 0 unspecified atom stereocenters. The van der Waals surface area contributed by atoms with Crippen LogP contribution < -0.4 is 5.32 Å². The summed E-state index contributed by atoms with van der Waals surface area (Å²) in [5.74, 6) is 0.306. The Labute approximate surface area is 228 Å². The van der Waals surface area contributed by atoms with E-state index in [0.717, 1.165) is 47.8 Å². The van der Waals surface area contributed by atoms with Crippen molar-refractivity contribution in [1.29, 1.82) is 0 Å². The second kappa shape index (κ2) is 9.64. The largest absolute Gasteiger partial charge is 0.336 e. The van der Waals surface area contributed by atoms with Gasteiger partial charge in [-0.3, -0.25) is 19.9 Å². The Bertz CT molecular complexity index is 1880. The number of halogens is 1. The Kier molecular flexibility index (Phi) is 5.80. The Hall–Kier alpha value is -4.99. The highest BCUT2D eigenvalue weighted by molar-refractivity contribution is 5.96. The quantitative estimate of drug-likeness (QED) is 0.243. The van der Waals surface area contributed by atoms with Gasteiger partial charge in [0.05, 0.1) is 34.3 Å². The molecule has 6 aromatic rings. The number of nitrogens with zero attached hydrogens (tertiary/aromatic N) is 5. The molecular weight excluding hydrogens is 507 g/mol. The standard InChI is InChI=1S/C30H25FN8O/c1-16-10-18(12-20(31)11-16)25-26-23(8-9-33-25)36-29(37-26)28-27-24(38-39-28)7-6-22(35-27)19-13-21(15-32-14-19)34-30(40)17-4-2-3-5-17/h6-15,17H,2-5H2,1H3,(H,34,40)(H,36,37)(H,38,39). The summed E-state index contributed by atoms with van der Waals surface area (Å²) in [6.45, 7) is 1.84. The highest BCUT2D eigenvalue weighted by Gasteiger charge is 2.23. The number of aromatic nitrogens is 7. The number of aromatic amines is 2. The van der Waals surface area contributed by atoms with Crippen LogP contribution in [0.25, 0.3) is 56.1 Å². The number of aryl methyl sites for hydroxylation is 1. The highest BCUT2D eigenvalue weighted by Crippen LogP contribution is 2.32. The van der Waals surface area contributed by atoms with Gasteiger partial charge >= 0.3 is 0 Å². The predicted octanol–water partition coefficient (Wildman–Crippen LogP) is 6.20. The average Bonchev–Trinajstić information content (AvgIpc) is 3.71. The van der Waals surface area contributed by atoms with Gasteiger partial charge in [-0.15, -0.1) is 0 Å². The lowest BCUT2D eigenvalue weighted by Crippen LogP contribution is -2.20. The highest BCUT2D eigenvalue weighted by atomic mass is 19.1. The van der Waals surface area contributed by atoms with Crippen LogP contribution in [0.15, 0.2) is 61.1 Å². The van der Waals surface area contributed by atoms with E-state index in [4.69, 9.17) is 9.97 Å². The third kappa shape index (κ3) is 4.37. The van der Waals surface area contributed by atoms with Gasteiger partial charge < -0.3 is 10.3 Å². The summed E-state index contributed by atoms with van der Waals surface area (Å²) >= 11 is 0. The van der Waals surface area contributed by atoms with Gasteiger partial charge in [-0.05, 0) is 67.8 Å². The molecule has 40 heavy (non-hydrogen) atoms. The van der Waals surface area contributed by atoms with Crippen molar-refractivity contribution in [2.24, 2.45) is 5.92 Å². The maximum absolute atomic E-state index is 14.1. The maximum atomic E-state index is 14.1. The molecule has 198 valence electrons. The monoisotopic (exact) mass is 532 g/mol. The molecule has 0 spiro atoms. The number of nitrogens with one attached hydrogen (secondary N) is 3. The van der Waals surface area contributed by atoms with Crippen molar-refractivity contribution in [3.63, 3.8) is 0 Å². The number of imidazole rings is 1. The molecule has 1 aliphatic rings. The number of pyridine rings is 3. The molecule has 0 aliphatic heterocycles. The molecule has 0 bridgehead atoms. The first-order valence-electron chi connectivity index (χ1n) is 13.3. The van der Waals surface area contributed by atoms with Crippen LogP contribution in [0, 0.1) is 18.7 Å². The van der Waals surface area contributed by atoms with E-state index in [2.05, 4.69) is 30.5 Å². The predicted molar refractivity (Wildman–Crippen MR) is 151 cm³/mol. The van der Waals surface area contributed by atoms with Crippen molar-refractivity contribution < 1.29 is 9.18 Å². The molecular formula is C30H25FN8O.